The molecule has 1 atom stereocenters. The Bertz CT molecular complexity index is 404. The number of thiophene rings is 1. The number of thioether (sulfide) groups is 1. The standard InChI is InChI=1S/C9H9N3OS2/c10-3-6-1-2-15-9(6)12-8(13)7-4-14-5-11-7/h1-2,7,11H,4-5H2,(H,12,13). The summed E-state index contributed by atoms with van der Waals surface area (Å²) in [5, 5.41) is 17.1. The van der Waals surface area contributed by atoms with Gasteiger partial charge in [-0.3, -0.25) is 10.1 Å². The summed E-state index contributed by atoms with van der Waals surface area (Å²) < 4.78 is 0. The van der Waals surface area contributed by atoms with Crippen LogP contribution in [-0.4, -0.2) is 23.6 Å². The van der Waals surface area contributed by atoms with Gasteiger partial charge in [0.15, 0.2) is 0 Å². The number of rotatable bonds is 2. The van der Waals surface area contributed by atoms with Gasteiger partial charge in [-0.25, -0.2) is 0 Å². The smallest absolute Gasteiger partial charge is 0.243 e. The van der Waals surface area contributed by atoms with E-state index in [4.69, 9.17) is 5.26 Å². The monoisotopic (exact) mass is 239 g/mol. The first-order valence-electron chi connectivity index (χ1n) is 4.41. The summed E-state index contributed by atoms with van der Waals surface area (Å²) in [4.78, 5) is 11.7. The van der Waals surface area contributed by atoms with E-state index in [-0.39, 0.29) is 11.9 Å². The fourth-order valence-corrected chi connectivity index (χ4v) is 2.94. The van der Waals surface area contributed by atoms with Gasteiger partial charge in [0.25, 0.3) is 0 Å². The minimum Gasteiger partial charge on any atom is -0.315 e. The van der Waals surface area contributed by atoms with Crippen LogP contribution in [0.2, 0.25) is 0 Å². The van der Waals surface area contributed by atoms with Gasteiger partial charge in [0.05, 0.1) is 11.6 Å². The fraction of sp³-hybridized carbons (Fsp3) is 0.333. The number of nitrogens with one attached hydrogen (secondary N) is 2. The number of carbonyl (C=O) groups excluding carboxylic acids is 1. The number of carbonyl (C=O) groups is 1. The third-order valence-corrected chi connectivity index (χ3v) is 3.82. The van der Waals surface area contributed by atoms with E-state index in [9.17, 15) is 4.79 Å². The highest BCUT2D eigenvalue weighted by Crippen LogP contribution is 2.22. The molecule has 2 rings (SSSR count). The Morgan fingerprint density at radius 3 is 3.27 bits per heavy atom. The molecule has 4 nitrogen and oxygen atoms in total. The quantitative estimate of drug-likeness (QED) is 0.814. The Morgan fingerprint density at radius 2 is 2.60 bits per heavy atom. The van der Waals surface area contributed by atoms with E-state index in [0.29, 0.717) is 10.6 Å². The first kappa shape index (κ1) is 10.5. The van der Waals surface area contributed by atoms with Crippen molar-refractivity contribution < 1.29 is 4.79 Å². The summed E-state index contributed by atoms with van der Waals surface area (Å²) in [5.41, 5.74) is 0.527. The molecule has 78 valence electrons. The van der Waals surface area contributed by atoms with Crippen molar-refractivity contribution in [2.24, 2.45) is 0 Å². The van der Waals surface area contributed by atoms with E-state index < -0.39 is 0 Å². The first-order valence-corrected chi connectivity index (χ1v) is 6.44. The normalized spacial score (nSPS) is 19.8. The summed E-state index contributed by atoms with van der Waals surface area (Å²) in [5.74, 6) is 1.55. The molecule has 15 heavy (non-hydrogen) atoms. The topological polar surface area (TPSA) is 64.9 Å². The molecular formula is C9H9N3OS2. The largest absolute Gasteiger partial charge is 0.315 e. The van der Waals surface area contributed by atoms with Crippen molar-refractivity contribution in [2.45, 2.75) is 6.04 Å². The first-order chi connectivity index (χ1) is 7.31. The second-order valence-electron chi connectivity index (χ2n) is 3.04. The van der Waals surface area contributed by atoms with E-state index in [1.807, 2.05) is 6.07 Å². The summed E-state index contributed by atoms with van der Waals surface area (Å²) in [6.07, 6.45) is 0. The van der Waals surface area contributed by atoms with Crippen LogP contribution in [0, 0.1) is 11.3 Å². The van der Waals surface area contributed by atoms with Crippen LogP contribution in [0.15, 0.2) is 11.4 Å². The van der Waals surface area contributed by atoms with Crippen LogP contribution in [0.25, 0.3) is 0 Å². The van der Waals surface area contributed by atoms with Gasteiger partial charge < -0.3 is 5.32 Å². The molecule has 1 aliphatic heterocycles. The van der Waals surface area contributed by atoms with E-state index in [2.05, 4.69) is 10.6 Å². The van der Waals surface area contributed by atoms with E-state index in [0.717, 1.165) is 11.6 Å². The van der Waals surface area contributed by atoms with Crippen LogP contribution in [0.3, 0.4) is 0 Å². The summed E-state index contributed by atoms with van der Waals surface area (Å²) in [6.45, 7) is 0. The molecule has 0 aromatic carbocycles. The molecule has 2 N–H and O–H groups in total. The predicted octanol–water partition coefficient (Wildman–Crippen LogP) is 1.22. The highest BCUT2D eigenvalue weighted by Gasteiger charge is 2.23. The minimum absolute atomic E-state index is 0.0565. The van der Waals surface area contributed by atoms with Crippen LogP contribution >= 0.6 is 23.1 Å². The number of hydrogen-bond donors (Lipinski definition) is 2. The van der Waals surface area contributed by atoms with Crippen molar-refractivity contribution in [2.75, 3.05) is 16.9 Å². The maximum atomic E-state index is 11.7. The third-order valence-electron chi connectivity index (χ3n) is 2.06. The van der Waals surface area contributed by atoms with Crippen LogP contribution in [0.4, 0.5) is 5.00 Å². The Labute approximate surface area is 95.7 Å². The maximum Gasteiger partial charge on any atom is 0.243 e. The molecule has 0 spiro atoms. The number of anilines is 1. The molecule has 1 saturated heterocycles. The zero-order chi connectivity index (χ0) is 10.7. The van der Waals surface area contributed by atoms with E-state index in [1.54, 1.807) is 23.2 Å². The zero-order valence-electron chi connectivity index (χ0n) is 7.82. The number of nitriles is 1. The Kier molecular flexibility index (Phi) is 3.26. The highest BCUT2D eigenvalue weighted by molar-refractivity contribution is 7.99. The second kappa shape index (κ2) is 4.66. The average molecular weight is 239 g/mol. The molecule has 1 aliphatic rings. The number of nitrogens with zero attached hydrogens (tertiary/aromatic N) is 1. The summed E-state index contributed by atoms with van der Waals surface area (Å²) in [6, 6.07) is 3.61. The van der Waals surface area contributed by atoms with Gasteiger partial charge in [0.1, 0.15) is 11.1 Å². The van der Waals surface area contributed by atoms with E-state index in [1.165, 1.54) is 11.3 Å². The highest BCUT2D eigenvalue weighted by atomic mass is 32.2. The molecule has 0 bridgehead atoms. The lowest BCUT2D eigenvalue weighted by Gasteiger charge is -2.08. The van der Waals surface area contributed by atoms with Gasteiger partial charge in [0, 0.05) is 11.6 Å². The molecular weight excluding hydrogens is 230 g/mol. The molecule has 1 amide bonds. The SMILES string of the molecule is N#Cc1ccsc1NC(=O)C1CSCN1. The van der Waals surface area contributed by atoms with Gasteiger partial charge in [-0.15, -0.1) is 23.1 Å². The lowest BCUT2D eigenvalue weighted by atomic mass is 10.3. The van der Waals surface area contributed by atoms with E-state index >= 15 is 0 Å². The van der Waals surface area contributed by atoms with Crippen molar-refractivity contribution >= 4 is 34.0 Å². The molecule has 0 radical (unpaired) electrons. The Hall–Kier alpha value is -1.03. The van der Waals surface area contributed by atoms with Gasteiger partial charge in [0.2, 0.25) is 5.91 Å². The molecule has 1 aromatic rings. The Balaban J connectivity index is 2.02. The molecule has 0 saturated carbocycles. The van der Waals surface area contributed by atoms with Crippen molar-refractivity contribution in [1.29, 1.82) is 5.26 Å². The molecule has 1 aromatic heterocycles. The Morgan fingerprint density at radius 1 is 1.73 bits per heavy atom. The van der Waals surface area contributed by atoms with Gasteiger partial charge in [-0.05, 0) is 11.4 Å². The summed E-state index contributed by atoms with van der Waals surface area (Å²) >= 11 is 3.07. The maximum absolute atomic E-state index is 11.7. The molecule has 0 aliphatic carbocycles. The third kappa shape index (κ3) is 2.31. The van der Waals surface area contributed by atoms with Crippen LogP contribution in [-0.2, 0) is 4.79 Å². The lowest BCUT2D eigenvalue weighted by molar-refractivity contribution is -0.117. The predicted molar refractivity (Wildman–Crippen MR) is 61.9 cm³/mol. The van der Waals surface area contributed by atoms with Crippen LogP contribution in [0.1, 0.15) is 5.56 Å². The summed E-state index contributed by atoms with van der Waals surface area (Å²) in [7, 11) is 0. The van der Waals surface area contributed by atoms with Crippen LogP contribution in [0.5, 0.6) is 0 Å². The number of amides is 1. The van der Waals surface area contributed by atoms with Gasteiger partial charge >= 0.3 is 0 Å². The average Bonchev–Trinajstić information content (AvgIpc) is 2.87. The van der Waals surface area contributed by atoms with Crippen molar-refractivity contribution in [3.8, 4) is 6.07 Å². The van der Waals surface area contributed by atoms with Crippen molar-refractivity contribution in [3.05, 3.63) is 17.0 Å². The minimum atomic E-state index is -0.136. The van der Waals surface area contributed by atoms with Crippen molar-refractivity contribution in [1.82, 2.24) is 5.32 Å². The van der Waals surface area contributed by atoms with Crippen LogP contribution < -0.4 is 10.6 Å². The molecule has 1 unspecified atom stereocenters. The number of hydrogen-bond acceptors (Lipinski definition) is 5. The van der Waals surface area contributed by atoms with Gasteiger partial charge in [-0.1, -0.05) is 0 Å². The van der Waals surface area contributed by atoms with Gasteiger partial charge in [-0.2, -0.15) is 5.26 Å². The fourth-order valence-electron chi connectivity index (χ4n) is 1.26. The van der Waals surface area contributed by atoms with Crippen molar-refractivity contribution in [3.63, 3.8) is 0 Å². The second-order valence-corrected chi connectivity index (χ2v) is 4.98. The molecule has 6 heteroatoms. The lowest BCUT2D eigenvalue weighted by Crippen LogP contribution is -2.37. The zero-order valence-corrected chi connectivity index (χ0v) is 9.45. The molecule has 2 heterocycles. The molecule has 1 fully saturated rings.